The molecule has 0 heterocycles. The van der Waals surface area contributed by atoms with Crippen molar-refractivity contribution < 1.29 is 13.2 Å². The lowest BCUT2D eigenvalue weighted by Gasteiger charge is -2.27. The Kier molecular flexibility index (Phi) is 8.49. The SMILES string of the molecule is CC=CC1CCC(c2ccc(-c3ccc(-c4ccc(CCCCC)c(F)c4F)cc3)c(F)c2)CC1. The van der Waals surface area contributed by atoms with Crippen molar-refractivity contribution in [3.63, 3.8) is 0 Å². The second-order valence-corrected chi connectivity index (χ2v) is 9.81. The maximum absolute atomic E-state index is 15.1. The summed E-state index contributed by atoms with van der Waals surface area (Å²) in [5.41, 5.74) is 3.57. The second kappa shape index (κ2) is 11.7. The summed E-state index contributed by atoms with van der Waals surface area (Å²) in [4.78, 5) is 0. The number of halogens is 3. The molecule has 3 heteroatoms. The topological polar surface area (TPSA) is 0 Å². The van der Waals surface area contributed by atoms with E-state index in [4.69, 9.17) is 0 Å². The molecular formula is C32H35F3. The molecule has 0 atom stereocenters. The van der Waals surface area contributed by atoms with Gasteiger partial charge in [-0.25, -0.2) is 13.2 Å². The minimum Gasteiger partial charge on any atom is -0.206 e. The van der Waals surface area contributed by atoms with Crippen molar-refractivity contribution >= 4 is 0 Å². The Morgan fingerprint density at radius 2 is 1.43 bits per heavy atom. The van der Waals surface area contributed by atoms with Crippen LogP contribution >= 0.6 is 0 Å². The zero-order valence-corrected chi connectivity index (χ0v) is 20.8. The number of hydrogen-bond donors (Lipinski definition) is 0. The molecule has 3 aromatic rings. The van der Waals surface area contributed by atoms with Gasteiger partial charge in [-0.3, -0.25) is 0 Å². The molecule has 184 valence electrons. The standard InChI is InChI=1S/C32H35F3/c1-3-5-6-8-26-17-20-29(32(35)31(26)34)25-15-13-24(14-16-25)28-19-18-27(21-30(28)33)23-11-9-22(7-4-2)10-12-23/h4,7,13-23H,3,5-6,8-12H2,1-2H3. The third-order valence-corrected chi connectivity index (χ3v) is 7.42. The lowest BCUT2D eigenvalue weighted by Crippen LogP contribution is -2.12. The van der Waals surface area contributed by atoms with Gasteiger partial charge in [-0.05, 0) is 85.6 Å². The lowest BCUT2D eigenvalue weighted by atomic mass is 9.78. The van der Waals surface area contributed by atoms with Crippen LogP contribution in [0.5, 0.6) is 0 Å². The quantitative estimate of drug-likeness (QED) is 0.224. The van der Waals surface area contributed by atoms with E-state index >= 15 is 4.39 Å². The highest BCUT2D eigenvalue weighted by Crippen LogP contribution is 2.38. The van der Waals surface area contributed by atoms with E-state index in [1.165, 1.54) is 0 Å². The van der Waals surface area contributed by atoms with Gasteiger partial charge in [0.1, 0.15) is 5.82 Å². The van der Waals surface area contributed by atoms with E-state index < -0.39 is 11.6 Å². The van der Waals surface area contributed by atoms with Crippen LogP contribution in [0, 0.1) is 23.4 Å². The molecule has 1 aliphatic rings. The molecule has 1 fully saturated rings. The largest absolute Gasteiger partial charge is 0.206 e. The first-order chi connectivity index (χ1) is 17.0. The Labute approximate surface area is 207 Å². The minimum atomic E-state index is -0.813. The van der Waals surface area contributed by atoms with Crippen molar-refractivity contribution in [2.24, 2.45) is 5.92 Å². The van der Waals surface area contributed by atoms with Gasteiger partial charge in [-0.2, -0.15) is 0 Å². The molecular weight excluding hydrogens is 441 g/mol. The molecule has 1 saturated carbocycles. The van der Waals surface area contributed by atoms with Gasteiger partial charge in [-0.15, -0.1) is 0 Å². The molecule has 1 aliphatic carbocycles. The highest BCUT2D eigenvalue weighted by molar-refractivity contribution is 5.71. The Balaban J connectivity index is 1.49. The molecule has 0 spiro atoms. The number of hydrogen-bond acceptors (Lipinski definition) is 0. The summed E-state index contributed by atoms with van der Waals surface area (Å²) in [5, 5.41) is 0. The van der Waals surface area contributed by atoms with E-state index in [0.717, 1.165) is 56.1 Å². The predicted octanol–water partition coefficient (Wildman–Crippen LogP) is 10.0. The summed E-state index contributed by atoms with van der Waals surface area (Å²) in [6.45, 7) is 4.15. The smallest absolute Gasteiger partial charge is 0.166 e. The number of unbranched alkanes of at least 4 members (excludes halogenated alkanes) is 2. The van der Waals surface area contributed by atoms with Gasteiger partial charge < -0.3 is 0 Å². The van der Waals surface area contributed by atoms with Crippen molar-refractivity contribution in [1.82, 2.24) is 0 Å². The molecule has 0 aliphatic heterocycles. The molecule has 4 rings (SSSR count). The van der Waals surface area contributed by atoms with E-state index in [9.17, 15) is 8.78 Å². The van der Waals surface area contributed by atoms with Crippen molar-refractivity contribution in [3.8, 4) is 22.3 Å². The van der Waals surface area contributed by atoms with Gasteiger partial charge in [0.2, 0.25) is 0 Å². The van der Waals surface area contributed by atoms with Crippen molar-refractivity contribution in [2.75, 3.05) is 0 Å². The van der Waals surface area contributed by atoms with Crippen molar-refractivity contribution in [2.45, 2.75) is 71.1 Å². The lowest BCUT2D eigenvalue weighted by molar-refractivity contribution is 0.375. The van der Waals surface area contributed by atoms with Crippen LogP contribution in [0.4, 0.5) is 13.2 Å². The maximum Gasteiger partial charge on any atom is 0.166 e. The first-order valence-corrected chi connectivity index (χ1v) is 13.0. The molecule has 3 aromatic carbocycles. The average Bonchev–Trinajstić information content (AvgIpc) is 2.88. The van der Waals surface area contributed by atoms with Crippen LogP contribution in [0.15, 0.2) is 66.7 Å². The third-order valence-electron chi connectivity index (χ3n) is 7.42. The highest BCUT2D eigenvalue weighted by Gasteiger charge is 2.22. The van der Waals surface area contributed by atoms with Crippen molar-refractivity contribution in [1.29, 1.82) is 0 Å². The zero-order valence-electron chi connectivity index (χ0n) is 20.8. The molecule has 0 unspecified atom stereocenters. The molecule has 0 amide bonds. The van der Waals surface area contributed by atoms with Gasteiger partial charge in [0, 0.05) is 11.1 Å². The van der Waals surface area contributed by atoms with E-state index in [0.29, 0.717) is 34.9 Å². The first kappa shape index (κ1) is 25.3. The van der Waals surface area contributed by atoms with Gasteiger partial charge in [0.25, 0.3) is 0 Å². The summed E-state index contributed by atoms with van der Waals surface area (Å²) in [5.74, 6) is -0.755. The second-order valence-electron chi connectivity index (χ2n) is 9.81. The average molecular weight is 477 g/mol. The van der Waals surface area contributed by atoms with Crippen LogP contribution in [0.1, 0.15) is 75.8 Å². The van der Waals surface area contributed by atoms with Gasteiger partial charge >= 0.3 is 0 Å². The van der Waals surface area contributed by atoms with Crippen LogP contribution in [0.2, 0.25) is 0 Å². The highest BCUT2D eigenvalue weighted by atomic mass is 19.2. The summed E-state index contributed by atoms with van der Waals surface area (Å²) >= 11 is 0. The molecule has 0 N–H and O–H groups in total. The van der Waals surface area contributed by atoms with Crippen LogP contribution < -0.4 is 0 Å². The Morgan fingerprint density at radius 1 is 0.771 bits per heavy atom. The Morgan fingerprint density at radius 3 is 2.06 bits per heavy atom. The van der Waals surface area contributed by atoms with E-state index in [1.807, 2.05) is 12.1 Å². The summed E-state index contributed by atoms with van der Waals surface area (Å²) in [7, 11) is 0. The van der Waals surface area contributed by atoms with Crippen molar-refractivity contribution in [3.05, 3.63) is 95.3 Å². The third kappa shape index (κ3) is 5.89. The van der Waals surface area contributed by atoms with E-state index in [2.05, 4.69) is 26.0 Å². The number of benzene rings is 3. The van der Waals surface area contributed by atoms with Crippen LogP contribution in [0.25, 0.3) is 22.3 Å². The predicted molar refractivity (Wildman–Crippen MR) is 140 cm³/mol. The number of aryl methyl sites for hydroxylation is 1. The summed E-state index contributed by atoms with van der Waals surface area (Å²) in [6.07, 6.45) is 12.3. The molecule has 35 heavy (non-hydrogen) atoms. The number of allylic oxidation sites excluding steroid dienone is 2. The van der Waals surface area contributed by atoms with Crippen LogP contribution in [-0.4, -0.2) is 0 Å². The fraction of sp³-hybridized carbons (Fsp3) is 0.375. The molecule has 0 nitrogen and oxygen atoms in total. The Bertz CT molecular complexity index is 1150. The summed E-state index contributed by atoms with van der Waals surface area (Å²) in [6, 6.07) is 15.9. The molecule has 0 aromatic heterocycles. The molecule has 0 bridgehead atoms. The first-order valence-electron chi connectivity index (χ1n) is 13.0. The van der Waals surface area contributed by atoms with Gasteiger partial charge in [0.05, 0.1) is 0 Å². The van der Waals surface area contributed by atoms with E-state index in [-0.39, 0.29) is 11.4 Å². The maximum atomic E-state index is 15.1. The molecule has 0 radical (unpaired) electrons. The summed E-state index contributed by atoms with van der Waals surface area (Å²) < 4.78 is 44.5. The van der Waals surface area contributed by atoms with Crippen LogP contribution in [-0.2, 0) is 6.42 Å². The number of rotatable bonds is 8. The monoisotopic (exact) mass is 476 g/mol. The zero-order chi connectivity index (χ0) is 24.8. The minimum absolute atomic E-state index is 0.234. The fourth-order valence-corrected chi connectivity index (χ4v) is 5.34. The Hall–Kier alpha value is -2.81. The van der Waals surface area contributed by atoms with E-state index in [1.54, 1.807) is 42.5 Å². The van der Waals surface area contributed by atoms with Crippen LogP contribution in [0.3, 0.4) is 0 Å². The van der Waals surface area contributed by atoms with Gasteiger partial charge in [-0.1, -0.05) is 80.4 Å². The molecule has 0 saturated heterocycles. The fourth-order valence-electron chi connectivity index (χ4n) is 5.34. The normalized spacial score (nSPS) is 18.3. The van der Waals surface area contributed by atoms with Gasteiger partial charge in [0.15, 0.2) is 11.6 Å².